The summed E-state index contributed by atoms with van der Waals surface area (Å²) in [6.45, 7) is 4.36. The van der Waals surface area contributed by atoms with E-state index in [9.17, 15) is 8.42 Å². The highest BCUT2D eigenvalue weighted by atomic mass is 32.2. The minimum absolute atomic E-state index is 0.0425. The Labute approximate surface area is 92.7 Å². The second-order valence-corrected chi connectivity index (χ2v) is 6.39. The van der Waals surface area contributed by atoms with Gasteiger partial charge in [0.25, 0.3) is 0 Å². The highest BCUT2D eigenvalue weighted by molar-refractivity contribution is 7.89. The number of hydrogen-bond donors (Lipinski definition) is 2. The normalized spacial score (nSPS) is 21.3. The van der Waals surface area contributed by atoms with E-state index in [4.69, 9.17) is 5.73 Å². The summed E-state index contributed by atoms with van der Waals surface area (Å²) in [6.07, 6.45) is 3.10. The first-order valence-corrected chi connectivity index (χ1v) is 7.33. The van der Waals surface area contributed by atoms with Gasteiger partial charge in [-0.1, -0.05) is 20.3 Å². The molecule has 0 spiro atoms. The van der Waals surface area contributed by atoms with Gasteiger partial charge in [0.2, 0.25) is 10.0 Å². The van der Waals surface area contributed by atoms with Crippen molar-refractivity contribution in [2.24, 2.45) is 17.6 Å². The Kier molecular flexibility index (Phi) is 4.55. The zero-order valence-electron chi connectivity index (χ0n) is 9.57. The lowest BCUT2D eigenvalue weighted by Gasteiger charge is -2.17. The van der Waals surface area contributed by atoms with Crippen LogP contribution in [0.5, 0.6) is 0 Å². The van der Waals surface area contributed by atoms with Gasteiger partial charge in [0.1, 0.15) is 0 Å². The predicted octanol–water partition coefficient (Wildman–Crippen LogP) is 0.689. The summed E-state index contributed by atoms with van der Waals surface area (Å²) < 4.78 is 26.2. The van der Waals surface area contributed by atoms with Gasteiger partial charge in [-0.3, -0.25) is 0 Å². The fourth-order valence-electron chi connectivity index (χ4n) is 1.61. The van der Waals surface area contributed by atoms with Gasteiger partial charge in [0, 0.05) is 12.6 Å². The maximum atomic E-state index is 11.7. The molecule has 0 aromatic heterocycles. The van der Waals surface area contributed by atoms with Crippen molar-refractivity contribution >= 4 is 10.0 Å². The summed E-state index contributed by atoms with van der Waals surface area (Å²) in [5, 5.41) is 0. The number of nitrogens with two attached hydrogens (primary N) is 1. The summed E-state index contributed by atoms with van der Waals surface area (Å²) in [5.41, 5.74) is 5.56. The molecule has 1 fully saturated rings. The second-order valence-electron chi connectivity index (χ2n) is 4.59. The van der Waals surface area contributed by atoms with Gasteiger partial charge in [-0.25, -0.2) is 13.1 Å². The molecule has 1 saturated carbocycles. The Morgan fingerprint density at radius 2 is 2.07 bits per heavy atom. The van der Waals surface area contributed by atoms with Gasteiger partial charge < -0.3 is 5.73 Å². The van der Waals surface area contributed by atoms with Gasteiger partial charge in [0.05, 0.1) is 5.75 Å². The van der Waals surface area contributed by atoms with E-state index in [0.29, 0.717) is 12.5 Å². The molecule has 0 radical (unpaired) electrons. The van der Waals surface area contributed by atoms with Crippen LogP contribution in [0.25, 0.3) is 0 Å². The van der Waals surface area contributed by atoms with Crippen LogP contribution in [0.1, 0.15) is 33.1 Å². The van der Waals surface area contributed by atoms with Crippen LogP contribution in [0, 0.1) is 11.8 Å². The van der Waals surface area contributed by atoms with Gasteiger partial charge in [-0.2, -0.15) is 0 Å². The maximum Gasteiger partial charge on any atom is 0.212 e. The highest BCUT2D eigenvalue weighted by Gasteiger charge is 2.33. The van der Waals surface area contributed by atoms with Crippen molar-refractivity contribution in [2.75, 3.05) is 12.3 Å². The van der Waals surface area contributed by atoms with E-state index in [0.717, 1.165) is 19.3 Å². The molecular weight excluding hydrogens is 212 g/mol. The number of rotatable bonds is 7. The van der Waals surface area contributed by atoms with Crippen LogP contribution in [0.15, 0.2) is 0 Å². The van der Waals surface area contributed by atoms with Gasteiger partial charge >= 0.3 is 0 Å². The topological polar surface area (TPSA) is 72.2 Å². The molecule has 3 N–H and O–H groups in total. The first-order chi connectivity index (χ1) is 6.98. The van der Waals surface area contributed by atoms with Crippen molar-refractivity contribution in [3.63, 3.8) is 0 Å². The molecule has 2 atom stereocenters. The Balaban J connectivity index is 2.46. The summed E-state index contributed by atoms with van der Waals surface area (Å²) >= 11 is 0. The third kappa shape index (κ3) is 4.49. The van der Waals surface area contributed by atoms with Crippen LogP contribution >= 0.6 is 0 Å². The Morgan fingerprint density at radius 1 is 1.47 bits per heavy atom. The smallest absolute Gasteiger partial charge is 0.212 e. The van der Waals surface area contributed by atoms with Crippen molar-refractivity contribution in [1.82, 2.24) is 4.72 Å². The maximum absolute atomic E-state index is 11.7. The van der Waals surface area contributed by atoms with Crippen molar-refractivity contribution in [3.05, 3.63) is 0 Å². The lowest BCUT2D eigenvalue weighted by atomic mass is 10.2. The highest BCUT2D eigenvalue weighted by Crippen LogP contribution is 2.32. The SMILES string of the molecule is CCC(C)CS(=O)(=O)NC(CN)C1CC1. The van der Waals surface area contributed by atoms with Crippen LogP contribution < -0.4 is 10.5 Å². The summed E-state index contributed by atoms with van der Waals surface area (Å²) in [4.78, 5) is 0. The van der Waals surface area contributed by atoms with E-state index < -0.39 is 10.0 Å². The Hall–Kier alpha value is -0.130. The Bertz CT molecular complexity index is 286. The molecule has 1 aliphatic carbocycles. The molecule has 0 heterocycles. The fourth-order valence-corrected chi connectivity index (χ4v) is 3.44. The zero-order chi connectivity index (χ0) is 11.5. The molecule has 1 rings (SSSR count). The number of hydrogen-bond acceptors (Lipinski definition) is 3. The Morgan fingerprint density at radius 3 is 2.47 bits per heavy atom. The standard InChI is InChI=1S/C10H22N2O2S/c1-3-8(2)7-15(13,14)12-10(6-11)9-4-5-9/h8-10,12H,3-7,11H2,1-2H3. The molecule has 2 unspecified atom stereocenters. The minimum atomic E-state index is -3.14. The molecule has 15 heavy (non-hydrogen) atoms. The van der Waals surface area contributed by atoms with Gasteiger partial charge in [0.15, 0.2) is 0 Å². The van der Waals surface area contributed by atoms with Crippen LogP contribution in [0.3, 0.4) is 0 Å². The number of nitrogens with one attached hydrogen (secondary N) is 1. The van der Waals surface area contributed by atoms with Crippen LogP contribution in [-0.4, -0.2) is 26.8 Å². The molecule has 0 aliphatic heterocycles. The van der Waals surface area contributed by atoms with Crippen molar-refractivity contribution in [2.45, 2.75) is 39.2 Å². The lowest BCUT2D eigenvalue weighted by Crippen LogP contribution is -2.43. The molecule has 0 aromatic rings. The molecule has 0 amide bonds. The van der Waals surface area contributed by atoms with Crippen molar-refractivity contribution < 1.29 is 8.42 Å². The third-order valence-corrected chi connectivity index (χ3v) is 4.65. The molecule has 0 aromatic carbocycles. The summed E-state index contributed by atoms with van der Waals surface area (Å²) in [7, 11) is -3.14. The predicted molar refractivity (Wildman–Crippen MR) is 61.9 cm³/mol. The quantitative estimate of drug-likeness (QED) is 0.680. The van der Waals surface area contributed by atoms with Crippen LogP contribution in [0.2, 0.25) is 0 Å². The van der Waals surface area contributed by atoms with Crippen molar-refractivity contribution in [3.8, 4) is 0 Å². The zero-order valence-corrected chi connectivity index (χ0v) is 10.4. The lowest BCUT2D eigenvalue weighted by molar-refractivity contribution is 0.507. The monoisotopic (exact) mass is 234 g/mol. The molecule has 90 valence electrons. The first kappa shape index (κ1) is 12.9. The number of sulfonamides is 1. The fraction of sp³-hybridized carbons (Fsp3) is 1.00. The minimum Gasteiger partial charge on any atom is -0.329 e. The summed E-state index contributed by atoms with van der Waals surface area (Å²) in [6, 6.07) is -0.0425. The van der Waals surface area contributed by atoms with E-state index in [1.165, 1.54) is 0 Å². The third-order valence-electron chi connectivity index (χ3n) is 2.98. The van der Waals surface area contributed by atoms with E-state index in [1.807, 2.05) is 13.8 Å². The van der Waals surface area contributed by atoms with Crippen LogP contribution in [-0.2, 0) is 10.0 Å². The van der Waals surface area contributed by atoms with E-state index in [2.05, 4.69) is 4.72 Å². The molecule has 0 saturated heterocycles. The van der Waals surface area contributed by atoms with E-state index in [1.54, 1.807) is 0 Å². The second kappa shape index (κ2) is 5.27. The first-order valence-electron chi connectivity index (χ1n) is 5.68. The largest absolute Gasteiger partial charge is 0.329 e. The van der Waals surface area contributed by atoms with Crippen LogP contribution in [0.4, 0.5) is 0 Å². The average Bonchev–Trinajstić information content (AvgIpc) is 2.96. The molecule has 4 nitrogen and oxygen atoms in total. The van der Waals surface area contributed by atoms with Gasteiger partial charge in [-0.05, 0) is 24.7 Å². The molecule has 0 bridgehead atoms. The van der Waals surface area contributed by atoms with Crippen molar-refractivity contribution in [1.29, 1.82) is 0 Å². The average molecular weight is 234 g/mol. The summed E-state index contributed by atoms with van der Waals surface area (Å²) in [5.74, 6) is 0.897. The molecular formula is C10H22N2O2S. The van der Waals surface area contributed by atoms with E-state index >= 15 is 0 Å². The van der Waals surface area contributed by atoms with E-state index in [-0.39, 0.29) is 17.7 Å². The molecule has 5 heteroatoms. The van der Waals surface area contributed by atoms with Gasteiger partial charge in [-0.15, -0.1) is 0 Å². The molecule has 1 aliphatic rings.